The molecule has 0 aromatic carbocycles. The van der Waals surface area contributed by atoms with E-state index >= 15 is 0 Å². The number of aliphatic hydroxyl groups excluding tert-OH is 1. The maximum Gasteiger partial charge on any atom is 0.303 e. The van der Waals surface area contributed by atoms with Gasteiger partial charge >= 0.3 is 5.97 Å². The van der Waals surface area contributed by atoms with E-state index in [2.05, 4.69) is 37.8 Å². The lowest BCUT2D eigenvalue weighted by atomic mass is 9.67. The van der Waals surface area contributed by atoms with Gasteiger partial charge in [0.25, 0.3) is 0 Å². The van der Waals surface area contributed by atoms with Crippen LogP contribution in [0.5, 0.6) is 0 Å². The van der Waals surface area contributed by atoms with Crippen LogP contribution in [0, 0.1) is 11.3 Å². The normalized spacial score (nSPS) is 18.7. The summed E-state index contributed by atoms with van der Waals surface area (Å²) in [6.07, 6.45) is 5.59. The van der Waals surface area contributed by atoms with Crippen LogP contribution in [0.4, 0.5) is 0 Å². The summed E-state index contributed by atoms with van der Waals surface area (Å²) in [5.74, 6) is 0.0942. The number of aliphatic carboxylic acids is 1. The van der Waals surface area contributed by atoms with Crippen LogP contribution in [0.15, 0.2) is 39.6 Å². The Balaban J connectivity index is 2.31. The first kappa shape index (κ1) is 31.8. The standard InChI is InChI=1S/C30H45ClN2O5/c1-18(2)12-19(3)27(20(4)17-31)32-25(35)15-22(8-9-26(36)37)28-24(10-11-34)29(38-33-28)23-13-21(14-23)16-30(5,6)7/h12,21-23,34H,4,8-11,13-17H2,1-3,5-7H3,(H,32,35)(H,36,37)/b27-19+. The largest absolute Gasteiger partial charge is 0.481 e. The molecule has 1 amide bonds. The molecule has 1 aliphatic rings. The summed E-state index contributed by atoms with van der Waals surface area (Å²) in [4.78, 5) is 24.7. The van der Waals surface area contributed by atoms with Crippen LogP contribution in [-0.2, 0) is 16.0 Å². The lowest BCUT2D eigenvalue weighted by Crippen LogP contribution is -2.27. The van der Waals surface area contributed by atoms with Crippen molar-refractivity contribution in [3.63, 3.8) is 0 Å². The number of aliphatic hydroxyl groups is 1. The summed E-state index contributed by atoms with van der Waals surface area (Å²) < 4.78 is 5.83. The van der Waals surface area contributed by atoms with Crippen LogP contribution >= 0.6 is 11.6 Å². The molecule has 1 heterocycles. The zero-order valence-electron chi connectivity index (χ0n) is 23.8. The zero-order chi connectivity index (χ0) is 28.6. The molecule has 1 aromatic heterocycles. The number of hydrogen-bond acceptors (Lipinski definition) is 5. The third kappa shape index (κ3) is 9.42. The van der Waals surface area contributed by atoms with Gasteiger partial charge in [0.1, 0.15) is 5.76 Å². The fraction of sp³-hybridized carbons (Fsp3) is 0.633. The smallest absolute Gasteiger partial charge is 0.303 e. The van der Waals surface area contributed by atoms with Gasteiger partial charge in [-0.1, -0.05) is 44.2 Å². The monoisotopic (exact) mass is 548 g/mol. The lowest BCUT2D eigenvalue weighted by Gasteiger charge is -2.38. The van der Waals surface area contributed by atoms with Crippen LogP contribution in [0.25, 0.3) is 0 Å². The Kier molecular flexibility index (Phi) is 11.8. The summed E-state index contributed by atoms with van der Waals surface area (Å²) in [5.41, 5.74) is 4.72. The molecule has 8 heteroatoms. The fourth-order valence-electron chi connectivity index (χ4n) is 5.41. The molecule has 0 bridgehead atoms. The van der Waals surface area contributed by atoms with E-state index in [1.807, 2.05) is 26.8 Å². The van der Waals surface area contributed by atoms with Gasteiger partial charge in [-0.05, 0) is 68.9 Å². The SMILES string of the molecule is C=C(CCl)/C(NC(=O)CC(CCC(=O)O)c1noc(C2CC(CC(C)(C)C)C2)c1CCO)=C(/C)C=C(C)C. The molecule has 7 nitrogen and oxygen atoms in total. The highest BCUT2D eigenvalue weighted by molar-refractivity contribution is 6.19. The Morgan fingerprint density at radius 1 is 1.26 bits per heavy atom. The number of amides is 1. The molecule has 212 valence electrons. The van der Waals surface area contributed by atoms with E-state index in [0.29, 0.717) is 29.3 Å². The molecular weight excluding hydrogens is 504 g/mol. The van der Waals surface area contributed by atoms with Crippen LogP contribution in [0.1, 0.15) is 109 Å². The van der Waals surface area contributed by atoms with E-state index in [9.17, 15) is 19.8 Å². The molecular formula is C30H45ClN2O5. The molecule has 1 saturated carbocycles. The van der Waals surface area contributed by atoms with Gasteiger partial charge < -0.3 is 20.1 Å². The van der Waals surface area contributed by atoms with Crippen LogP contribution < -0.4 is 5.32 Å². The van der Waals surface area contributed by atoms with E-state index in [4.69, 9.17) is 16.1 Å². The number of carboxylic acids is 1. The zero-order valence-corrected chi connectivity index (χ0v) is 24.6. The average molecular weight is 549 g/mol. The van der Waals surface area contributed by atoms with Crippen LogP contribution in [0.2, 0.25) is 0 Å². The number of carbonyl (C=O) groups is 2. The molecule has 0 spiro atoms. The topological polar surface area (TPSA) is 113 Å². The second-order valence-corrected chi connectivity index (χ2v) is 12.3. The number of carboxylic acid groups (broad SMARTS) is 1. The maximum absolute atomic E-state index is 13.2. The van der Waals surface area contributed by atoms with Gasteiger partial charge in [-0.3, -0.25) is 9.59 Å². The van der Waals surface area contributed by atoms with Gasteiger partial charge in [-0.15, -0.1) is 11.6 Å². The first-order valence-corrected chi connectivity index (χ1v) is 14.0. The average Bonchev–Trinajstić information content (AvgIpc) is 3.18. The Bertz CT molecular complexity index is 1050. The van der Waals surface area contributed by atoms with E-state index in [0.717, 1.165) is 41.7 Å². The molecule has 1 aromatic rings. The van der Waals surface area contributed by atoms with Crippen molar-refractivity contribution in [2.45, 2.75) is 98.3 Å². The van der Waals surface area contributed by atoms with Crippen molar-refractivity contribution in [1.29, 1.82) is 0 Å². The summed E-state index contributed by atoms with van der Waals surface area (Å²) in [7, 11) is 0. The van der Waals surface area contributed by atoms with E-state index < -0.39 is 11.9 Å². The molecule has 1 atom stereocenters. The highest BCUT2D eigenvalue weighted by Crippen LogP contribution is 2.48. The Morgan fingerprint density at radius 2 is 1.92 bits per heavy atom. The number of nitrogens with zero attached hydrogens (tertiary/aromatic N) is 1. The number of carbonyl (C=O) groups excluding carboxylic acids is 1. The number of nitrogens with one attached hydrogen (secondary N) is 1. The first-order valence-electron chi connectivity index (χ1n) is 13.5. The number of rotatable bonds is 14. The molecule has 2 rings (SSSR count). The van der Waals surface area contributed by atoms with E-state index in [1.54, 1.807) is 0 Å². The second-order valence-electron chi connectivity index (χ2n) is 12.1. The van der Waals surface area contributed by atoms with Crippen LogP contribution in [-0.4, -0.2) is 39.7 Å². The number of allylic oxidation sites excluding steroid dienone is 4. The predicted octanol–water partition coefficient (Wildman–Crippen LogP) is 6.63. The minimum absolute atomic E-state index is 0.0240. The van der Waals surface area contributed by atoms with Gasteiger partial charge in [0.2, 0.25) is 5.91 Å². The van der Waals surface area contributed by atoms with Gasteiger partial charge in [0.15, 0.2) is 0 Å². The minimum Gasteiger partial charge on any atom is -0.481 e. The Labute approximate surface area is 232 Å². The quantitative estimate of drug-likeness (QED) is 0.178. The minimum atomic E-state index is -0.942. The van der Waals surface area contributed by atoms with Crippen molar-refractivity contribution < 1.29 is 24.3 Å². The first-order chi connectivity index (χ1) is 17.7. The maximum atomic E-state index is 13.2. The number of alkyl halides is 1. The molecule has 0 radical (unpaired) electrons. The molecule has 3 N–H and O–H groups in total. The number of halogens is 1. The van der Waals surface area contributed by atoms with Gasteiger partial charge in [0.05, 0.1) is 5.69 Å². The molecule has 0 saturated heterocycles. The fourth-order valence-corrected chi connectivity index (χ4v) is 5.54. The van der Waals surface area contributed by atoms with E-state index in [1.165, 1.54) is 0 Å². The third-order valence-electron chi connectivity index (χ3n) is 6.92. The van der Waals surface area contributed by atoms with Crippen molar-refractivity contribution in [2.24, 2.45) is 11.3 Å². The molecule has 1 unspecified atom stereocenters. The van der Waals surface area contributed by atoms with Crippen molar-refractivity contribution in [1.82, 2.24) is 10.5 Å². The third-order valence-corrected chi connectivity index (χ3v) is 7.24. The van der Waals surface area contributed by atoms with Crippen molar-refractivity contribution in [3.8, 4) is 0 Å². The Hall–Kier alpha value is -2.38. The molecule has 1 aliphatic carbocycles. The highest BCUT2D eigenvalue weighted by Gasteiger charge is 2.38. The van der Waals surface area contributed by atoms with Crippen molar-refractivity contribution in [2.75, 3.05) is 12.5 Å². The number of aromatic nitrogens is 1. The Morgan fingerprint density at radius 3 is 2.45 bits per heavy atom. The van der Waals surface area contributed by atoms with Gasteiger partial charge in [0, 0.05) is 54.8 Å². The summed E-state index contributed by atoms with van der Waals surface area (Å²) in [6, 6.07) is 0. The molecule has 1 fully saturated rings. The number of hydrogen-bond donors (Lipinski definition) is 3. The van der Waals surface area contributed by atoms with Crippen molar-refractivity contribution >= 4 is 23.5 Å². The van der Waals surface area contributed by atoms with Gasteiger partial charge in [-0.2, -0.15) is 0 Å². The van der Waals surface area contributed by atoms with Crippen LogP contribution in [0.3, 0.4) is 0 Å². The molecule has 0 aliphatic heterocycles. The summed E-state index contributed by atoms with van der Waals surface area (Å²) in [5, 5.41) is 26.5. The lowest BCUT2D eigenvalue weighted by molar-refractivity contribution is -0.137. The molecule has 38 heavy (non-hydrogen) atoms. The van der Waals surface area contributed by atoms with Gasteiger partial charge in [-0.25, -0.2) is 0 Å². The summed E-state index contributed by atoms with van der Waals surface area (Å²) in [6.45, 7) is 16.5. The predicted molar refractivity (Wildman–Crippen MR) is 151 cm³/mol. The van der Waals surface area contributed by atoms with Crippen molar-refractivity contribution in [3.05, 3.63) is 52.1 Å². The van der Waals surface area contributed by atoms with E-state index in [-0.39, 0.29) is 49.0 Å². The highest BCUT2D eigenvalue weighted by atomic mass is 35.5. The summed E-state index contributed by atoms with van der Waals surface area (Å²) >= 11 is 6.03. The second kappa shape index (κ2) is 14.1.